The number of rotatable bonds is 8. The number of alkyl halides is 5. The van der Waals surface area contributed by atoms with E-state index in [1.165, 1.54) is 38.5 Å². The van der Waals surface area contributed by atoms with E-state index in [0.29, 0.717) is 24.7 Å². The number of ether oxygens (including phenoxy) is 2. The van der Waals surface area contributed by atoms with E-state index in [0.717, 1.165) is 24.7 Å². The molecule has 0 heterocycles. The van der Waals surface area contributed by atoms with Crippen LogP contribution in [0.2, 0.25) is 0 Å². The van der Waals surface area contributed by atoms with Gasteiger partial charge in [0, 0.05) is 12.1 Å². The van der Waals surface area contributed by atoms with Gasteiger partial charge >= 0.3 is 12.5 Å². The topological polar surface area (TPSA) is 18.5 Å². The number of benzene rings is 1. The molecule has 0 bridgehead atoms. The van der Waals surface area contributed by atoms with Crippen molar-refractivity contribution in [3.63, 3.8) is 0 Å². The molecule has 3 fully saturated rings. The average molecular weight is 577 g/mol. The van der Waals surface area contributed by atoms with E-state index in [-0.39, 0.29) is 30.9 Å². The first-order chi connectivity index (χ1) is 18.9. The first-order valence-electron chi connectivity index (χ1n) is 14.6. The van der Waals surface area contributed by atoms with E-state index in [2.05, 4.69) is 40.7 Å². The van der Waals surface area contributed by atoms with Crippen LogP contribution in [0.4, 0.5) is 30.7 Å². The Kier molecular flexibility index (Phi) is 10.1. The van der Waals surface area contributed by atoms with Crippen molar-refractivity contribution >= 4 is 0 Å². The molecule has 0 saturated heterocycles. The number of hydrogen-bond acceptors (Lipinski definition) is 2. The van der Waals surface area contributed by atoms with Gasteiger partial charge in [-0.3, -0.25) is 0 Å². The summed E-state index contributed by atoms with van der Waals surface area (Å²) in [6.45, 7) is 2.34. The van der Waals surface area contributed by atoms with E-state index in [1.807, 2.05) is 0 Å². The van der Waals surface area contributed by atoms with E-state index in [4.69, 9.17) is 0 Å². The Balaban J connectivity index is 1.20. The van der Waals surface area contributed by atoms with Crippen LogP contribution in [0.25, 0.3) is 0 Å². The van der Waals surface area contributed by atoms with Crippen LogP contribution in [-0.4, -0.2) is 12.5 Å². The van der Waals surface area contributed by atoms with Gasteiger partial charge in [-0.15, -0.1) is 13.2 Å². The number of hydrogen-bond donors (Lipinski definition) is 0. The monoisotopic (exact) mass is 576 g/mol. The summed E-state index contributed by atoms with van der Waals surface area (Å²) >= 11 is 0. The van der Waals surface area contributed by atoms with Gasteiger partial charge in [-0.2, -0.15) is 8.78 Å². The summed E-state index contributed by atoms with van der Waals surface area (Å²) in [6.07, 6.45) is 11.6. The van der Waals surface area contributed by atoms with Gasteiger partial charge in [-0.25, -0.2) is 8.78 Å². The maximum atomic E-state index is 14.8. The largest absolute Gasteiger partial charge is 0.573 e. The first-order valence-corrected chi connectivity index (χ1v) is 14.6. The van der Waals surface area contributed by atoms with Crippen molar-refractivity contribution in [3.8, 4) is 11.5 Å². The van der Waals surface area contributed by atoms with Gasteiger partial charge in [0.1, 0.15) is 5.75 Å². The highest BCUT2D eigenvalue weighted by molar-refractivity contribution is 5.35. The minimum atomic E-state index is -5.33. The maximum absolute atomic E-state index is 14.8. The van der Waals surface area contributed by atoms with Crippen LogP contribution in [0.1, 0.15) is 84.0 Å². The normalized spacial score (nSPS) is 30.6. The summed E-state index contributed by atoms with van der Waals surface area (Å²) in [5.74, 6) is -4.38. The van der Waals surface area contributed by atoms with Crippen LogP contribution in [0.15, 0.2) is 36.4 Å². The zero-order chi connectivity index (χ0) is 28.9. The number of halogens is 7. The Bertz CT molecular complexity index is 988. The zero-order valence-electron chi connectivity index (χ0n) is 22.9. The van der Waals surface area contributed by atoms with Gasteiger partial charge in [0.2, 0.25) is 5.75 Å². The van der Waals surface area contributed by atoms with E-state index in [9.17, 15) is 30.7 Å². The molecule has 0 amide bonds. The summed E-state index contributed by atoms with van der Waals surface area (Å²) < 4.78 is 102. The van der Waals surface area contributed by atoms with Crippen molar-refractivity contribution in [2.45, 2.75) is 96.4 Å². The molecule has 2 nitrogen and oxygen atoms in total. The lowest BCUT2D eigenvalue weighted by atomic mass is 9.78. The molecule has 0 radical (unpaired) electrons. The lowest BCUT2D eigenvalue weighted by Crippen LogP contribution is -2.37. The highest BCUT2D eigenvalue weighted by atomic mass is 19.4. The van der Waals surface area contributed by atoms with Gasteiger partial charge in [-0.05, 0) is 93.8 Å². The van der Waals surface area contributed by atoms with Gasteiger partial charge in [-0.1, -0.05) is 44.1 Å². The average Bonchev–Trinajstić information content (AvgIpc) is 2.89. The number of allylic oxidation sites excluding steroid dienone is 4. The highest BCUT2D eigenvalue weighted by Gasteiger charge is 2.44. The second kappa shape index (κ2) is 13.2. The fraction of sp³-hybridized carbons (Fsp3) is 0.677. The van der Waals surface area contributed by atoms with Gasteiger partial charge in [0.05, 0.1) is 5.92 Å². The summed E-state index contributed by atoms with van der Waals surface area (Å²) in [5, 5.41) is 0. The molecule has 0 spiro atoms. The highest BCUT2D eigenvalue weighted by Crippen LogP contribution is 2.42. The Morgan fingerprint density at radius 3 is 1.38 bits per heavy atom. The summed E-state index contributed by atoms with van der Waals surface area (Å²) in [4.78, 5) is 0. The van der Waals surface area contributed by atoms with Crippen LogP contribution >= 0.6 is 0 Å². The molecule has 0 unspecified atom stereocenters. The third-order valence-electron chi connectivity index (χ3n) is 8.88. The van der Waals surface area contributed by atoms with Crippen LogP contribution in [0, 0.1) is 47.1 Å². The third kappa shape index (κ3) is 8.90. The Morgan fingerprint density at radius 2 is 0.975 bits per heavy atom. The predicted molar refractivity (Wildman–Crippen MR) is 139 cm³/mol. The van der Waals surface area contributed by atoms with Crippen molar-refractivity contribution in [2.24, 2.45) is 35.5 Å². The molecule has 9 heteroatoms. The predicted octanol–water partition coefficient (Wildman–Crippen LogP) is 10.4. The molecule has 4 rings (SSSR count). The molecule has 0 atom stereocenters. The van der Waals surface area contributed by atoms with Gasteiger partial charge in [0.15, 0.2) is 11.6 Å². The molecular formula is C31H39F7O2. The zero-order valence-corrected chi connectivity index (χ0v) is 22.9. The standard InChI is InChI=1S/C31H39F7O2/c1-20-2-4-21(5-3-20)6-7-22-8-10-23(11-9-22)12-13-24-14-16-25(17-15-24)30(34,35)39-26-18-27(32)29(28(33)19-26)40-31(36,37)38/h6-7,12-13,18-25H,2-5,8-11,14-17H2,1H3/b7-6+,13-12+. The first kappa shape index (κ1) is 30.8. The second-order valence-corrected chi connectivity index (χ2v) is 12.0. The van der Waals surface area contributed by atoms with Crippen LogP contribution < -0.4 is 9.47 Å². The minimum absolute atomic E-state index is 0.166. The molecule has 0 N–H and O–H groups in total. The lowest BCUT2D eigenvalue weighted by Gasteiger charge is -2.32. The van der Waals surface area contributed by atoms with Crippen LogP contribution in [0.5, 0.6) is 11.5 Å². The molecule has 1 aromatic carbocycles. The molecule has 1 aromatic rings. The third-order valence-corrected chi connectivity index (χ3v) is 8.88. The van der Waals surface area contributed by atoms with Gasteiger partial charge in [0.25, 0.3) is 0 Å². The smallest absolute Gasteiger partial charge is 0.432 e. The Labute approximate surface area is 232 Å². The Morgan fingerprint density at radius 1 is 0.600 bits per heavy atom. The minimum Gasteiger partial charge on any atom is -0.432 e. The van der Waals surface area contributed by atoms with Crippen LogP contribution in [-0.2, 0) is 0 Å². The van der Waals surface area contributed by atoms with Crippen molar-refractivity contribution in [1.29, 1.82) is 0 Å². The second-order valence-electron chi connectivity index (χ2n) is 12.0. The molecular weight excluding hydrogens is 537 g/mol. The summed E-state index contributed by atoms with van der Waals surface area (Å²) in [6, 6.07) is 0.542. The van der Waals surface area contributed by atoms with Crippen molar-refractivity contribution in [1.82, 2.24) is 0 Å². The van der Waals surface area contributed by atoms with Crippen molar-refractivity contribution in [2.75, 3.05) is 0 Å². The molecule has 3 aliphatic rings. The maximum Gasteiger partial charge on any atom is 0.573 e. The SMILES string of the molecule is CC1CCC(/C=C/C2CCC(/C=C/C3CCC(C(F)(F)Oc4cc(F)c(OC(F)(F)F)c(F)c4)CC3)CC2)CC1. The fourth-order valence-corrected chi connectivity index (χ4v) is 6.33. The molecule has 0 aromatic heterocycles. The Hall–Kier alpha value is -2.19. The summed E-state index contributed by atoms with van der Waals surface area (Å²) in [5.41, 5.74) is 0. The molecule has 40 heavy (non-hydrogen) atoms. The lowest BCUT2D eigenvalue weighted by molar-refractivity contribution is -0.276. The van der Waals surface area contributed by atoms with Gasteiger partial charge < -0.3 is 9.47 Å². The fourth-order valence-electron chi connectivity index (χ4n) is 6.33. The van der Waals surface area contributed by atoms with Crippen molar-refractivity contribution in [3.05, 3.63) is 48.1 Å². The van der Waals surface area contributed by atoms with E-state index < -0.39 is 41.5 Å². The molecule has 224 valence electrons. The quantitative estimate of drug-likeness (QED) is 0.226. The van der Waals surface area contributed by atoms with E-state index in [1.54, 1.807) is 0 Å². The van der Waals surface area contributed by atoms with Crippen LogP contribution in [0.3, 0.4) is 0 Å². The molecule has 3 saturated carbocycles. The summed E-state index contributed by atoms with van der Waals surface area (Å²) in [7, 11) is 0. The van der Waals surface area contributed by atoms with Crippen molar-refractivity contribution < 1.29 is 40.2 Å². The van der Waals surface area contributed by atoms with E-state index >= 15 is 0 Å². The molecule has 0 aliphatic heterocycles. The molecule has 3 aliphatic carbocycles.